The van der Waals surface area contributed by atoms with E-state index in [0.717, 1.165) is 0 Å². The van der Waals surface area contributed by atoms with E-state index in [0.29, 0.717) is 0 Å². The molecular formula is C14H5Cl2F9N2OS. The molecule has 3 nitrogen and oxygen atoms in total. The predicted molar refractivity (Wildman–Crippen MR) is 86.1 cm³/mol. The van der Waals surface area contributed by atoms with Crippen LogP contribution in [-0.2, 0) is 18.5 Å². The molecule has 1 aromatic carbocycles. The van der Waals surface area contributed by atoms with E-state index in [-0.39, 0.29) is 34.4 Å². The fraction of sp³-hybridized carbons (Fsp3) is 0.286. The molecule has 0 spiro atoms. The fourth-order valence-corrected chi connectivity index (χ4v) is 3.47. The monoisotopic (exact) mass is 490 g/mol. The number of halogens is 11. The Bertz CT molecular complexity index is 889. The van der Waals surface area contributed by atoms with Crippen molar-refractivity contribution in [2.24, 2.45) is 0 Å². The maximum Gasteiger partial charge on any atom is 0.435 e. The van der Waals surface area contributed by atoms with Crippen molar-refractivity contribution in [3.05, 3.63) is 44.9 Å². The van der Waals surface area contributed by atoms with Gasteiger partial charge in [0.25, 0.3) is 5.91 Å². The van der Waals surface area contributed by atoms with E-state index < -0.39 is 62.3 Å². The van der Waals surface area contributed by atoms with E-state index in [9.17, 15) is 44.3 Å². The third-order valence-corrected chi connectivity index (χ3v) is 4.79. The lowest BCUT2D eigenvalue weighted by molar-refractivity contribution is -0.143. The Morgan fingerprint density at radius 2 is 1.41 bits per heavy atom. The van der Waals surface area contributed by atoms with Crippen LogP contribution in [0.2, 0.25) is 4.34 Å². The highest BCUT2D eigenvalue weighted by molar-refractivity contribution is 7.19. The van der Waals surface area contributed by atoms with Gasteiger partial charge in [0.15, 0.2) is 10.8 Å². The number of carbonyl (C=O) groups is 1. The van der Waals surface area contributed by atoms with Gasteiger partial charge in [0.05, 0.1) is 11.1 Å². The van der Waals surface area contributed by atoms with E-state index in [2.05, 4.69) is 4.98 Å². The molecule has 1 heterocycles. The van der Waals surface area contributed by atoms with Crippen molar-refractivity contribution >= 4 is 45.6 Å². The molecule has 0 bridgehead atoms. The highest BCUT2D eigenvalue weighted by Gasteiger charge is 2.40. The van der Waals surface area contributed by atoms with Crippen LogP contribution >= 0.6 is 34.5 Å². The number of hydrogen-bond acceptors (Lipinski definition) is 3. The highest BCUT2D eigenvalue weighted by Crippen LogP contribution is 2.41. The molecule has 160 valence electrons. The van der Waals surface area contributed by atoms with E-state index in [4.69, 9.17) is 23.2 Å². The van der Waals surface area contributed by atoms with Crippen LogP contribution in [0.1, 0.15) is 27.2 Å². The summed E-state index contributed by atoms with van der Waals surface area (Å²) in [5.74, 6) is -1.53. The summed E-state index contributed by atoms with van der Waals surface area (Å²) in [6.07, 6.45) is -15.5. The standard InChI is InChI=1S/C14H5Cl2F9N2OS/c15-4-27(11-26-8(9(16)29-11)14(23,24)25)10(28)5-1-6(12(17,18)19)3-7(2-5)13(20,21)22/h1-3H,4H2. The molecule has 15 heteroatoms. The molecule has 0 unspecified atom stereocenters. The lowest BCUT2D eigenvalue weighted by Crippen LogP contribution is -2.30. The summed E-state index contributed by atoms with van der Waals surface area (Å²) in [5, 5.41) is -0.756. The van der Waals surface area contributed by atoms with Crippen molar-refractivity contribution in [2.45, 2.75) is 18.5 Å². The molecule has 1 aromatic heterocycles. The first kappa shape index (κ1) is 23.5. The average Bonchev–Trinajstić information content (AvgIpc) is 2.95. The van der Waals surface area contributed by atoms with E-state index in [1.807, 2.05) is 0 Å². The van der Waals surface area contributed by atoms with Crippen molar-refractivity contribution in [1.29, 1.82) is 0 Å². The quantitative estimate of drug-likeness (QED) is 0.272. The second-order valence-corrected chi connectivity index (χ2v) is 7.08. The zero-order valence-corrected chi connectivity index (χ0v) is 15.6. The number of aromatic nitrogens is 1. The zero-order chi connectivity index (χ0) is 22.4. The van der Waals surface area contributed by atoms with Gasteiger partial charge in [-0.15, -0.1) is 11.6 Å². The van der Waals surface area contributed by atoms with Crippen LogP contribution in [-0.4, -0.2) is 16.9 Å². The Hall–Kier alpha value is -1.73. The Kier molecular flexibility index (Phi) is 6.36. The van der Waals surface area contributed by atoms with Gasteiger partial charge in [-0.05, 0) is 18.2 Å². The summed E-state index contributed by atoms with van der Waals surface area (Å²) >= 11 is 11.0. The van der Waals surface area contributed by atoms with Crippen LogP contribution in [0.4, 0.5) is 44.6 Å². The summed E-state index contributed by atoms with van der Waals surface area (Å²) in [4.78, 5) is 15.8. The second-order valence-electron chi connectivity index (χ2n) is 5.26. The van der Waals surface area contributed by atoms with Crippen molar-refractivity contribution in [3.63, 3.8) is 0 Å². The van der Waals surface area contributed by atoms with Gasteiger partial charge >= 0.3 is 18.5 Å². The molecule has 0 N–H and O–H groups in total. The van der Waals surface area contributed by atoms with Gasteiger partial charge in [-0.3, -0.25) is 9.69 Å². The van der Waals surface area contributed by atoms with Gasteiger partial charge in [-0.1, -0.05) is 22.9 Å². The van der Waals surface area contributed by atoms with E-state index in [1.165, 1.54) is 0 Å². The zero-order valence-electron chi connectivity index (χ0n) is 13.3. The molecule has 0 saturated carbocycles. The molecule has 0 aliphatic rings. The summed E-state index contributed by atoms with van der Waals surface area (Å²) in [6, 6.07) is -0.880. The van der Waals surface area contributed by atoms with Gasteiger partial charge < -0.3 is 0 Å². The number of thiazole rings is 1. The Morgan fingerprint density at radius 3 is 1.76 bits per heavy atom. The molecule has 0 aliphatic carbocycles. The second kappa shape index (κ2) is 7.84. The largest absolute Gasteiger partial charge is 0.435 e. The van der Waals surface area contributed by atoms with Gasteiger partial charge in [-0.2, -0.15) is 39.5 Å². The smallest absolute Gasteiger partial charge is 0.269 e. The van der Waals surface area contributed by atoms with Gasteiger partial charge in [0.2, 0.25) is 0 Å². The van der Waals surface area contributed by atoms with Crippen LogP contribution in [0.25, 0.3) is 0 Å². The molecule has 0 fully saturated rings. The van der Waals surface area contributed by atoms with Crippen LogP contribution in [0.3, 0.4) is 0 Å². The number of alkyl halides is 10. The van der Waals surface area contributed by atoms with Crippen molar-refractivity contribution in [2.75, 3.05) is 10.9 Å². The Labute approximate surface area is 169 Å². The van der Waals surface area contributed by atoms with E-state index >= 15 is 0 Å². The Morgan fingerprint density at radius 1 is 0.931 bits per heavy atom. The Balaban J connectivity index is 2.57. The maximum absolute atomic E-state index is 12.9. The minimum atomic E-state index is -5.23. The van der Waals surface area contributed by atoms with Crippen LogP contribution in [0.15, 0.2) is 18.2 Å². The van der Waals surface area contributed by atoms with Crippen molar-refractivity contribution in [3.8, 4) is 0 Å². The van der Waals surface area contributed by atoms with E-state index in [1.54, 1.807) is 0 Å². The SMILES string of the molecule is O=C(c1cc(C(F)(F)F)cc(C(F)(F)F)c1)N(CCl)c1nc(C(F)(F)F)c(Cl)s1. The number of carbonyl (C=O) groups excluding carboxylic acids is 1. The number of benzene rings is 1. The molecule has 2 rings (SSSR count). The molecular weight excluding hydrogens is 486 g/mol. The third kappa shape index (κ3) is 5.25. The van der Waals surface area contributed by atoms with Gasteiger partial charge in [0, 0.05) is 5.56 Å². The van der Waals surface area contributed by atoms with Gasteiger partial charge in [-0.25, -0.2) is 4.98 Å². The van der Waals surface area contributed by atoms with Crippen LogP contribution < -0.4 is 4.90 Å². The number of amides is 1. The summed E-state index contributed by atoms with van der Waals surface area (Å²) < 4.78 is 115. The number of hydrogen-bond donors (Lipinski definition) is 0. The molecule has 29 heavy (non-hydrogen) atoms. The molecule has 2 aromatic rings. The molecule has 0 saturated heterocycles. The van der Waals surface area contributed by atoms with Crippen LogP contribution in [0, 0.1) is 0 Å². The molecule has 0 radical (unpaired) electrons. The lowest BCUT2D eigenvalue weighted by atomic mass is 10.0. The number of rotatable bonds is 3. The highest BCUT2D eigenvalue weighted by atomic mass is 35.5. The summed E-state index contributed by atoms with van der Waals surface area (Å²) in [6.45, 7) is 0. The fourth-order valence-electron chi connectivity index (χ4n) is 2.01. The first-order valence-electron chi connectivity index (χ1n) is 6.96. The van der Waals surface area contributed by atoms with Crippen molar-refractivity contribution in [1.82, 2.24) is 4.98 Å². The number of nitrogens with zero attached hydrogens (tertiary/aromatic N) is 2. The van der Waals surface area contributed by atoms with Crippen LogP contribution in [0.5, 0.6) is 0 Å². The normalized spacial score (nSPS) is 12.9. The molecule has 0 aliphatic heterocycles. The third-order valence-electron chi connectivity index (χ3n) is 3.27. The predicted octanol–water partition coefficient (Wildman–Crippen LogP) is 6.70. The minimum absolute atomic E-state index is 0.122. The van der Waals surface area contributed by atoms with Crippen molar-refractivity contribution < 1.29 is 44.3 Å². The first-order valence-corrected chi connectivity index (χ1v) is 8.69. The average molecular weight is 491 g/mol. The summed E-state index contributed by atoms with van der Waals surface area (Å²) in [7, 11) is 0. The molecule has 1 amide bonds. The maximum atomic E-state index is 12.9. The first-order chi connectivity index (χ1) is 13.1. The minimum Gasteiger partial charge on any atom is -0.269 e. The summed E-state index contributed by atoms with van der Waals surface area (Å²) in [5.41, 5.74) is -6.24. The topological polar surface area (TPSA) is 33.2 Å². The molecule has 0 atom stereocenters. The number of anilines is 1. The van der Waals surface area contributed by atoms with Gasteiger partial charge in [0.1, 0.15) is 10.3 Å². The lowest BCUT2D eigenvalue weighted by Gasteiger charge is -2.19.